The Morgan fingerprint density at radius 3 is 2.65 bits per heavy atom. The van der Waals surface area contributed by atoms with Crippen molar-refractivity contribution < 1.29 is 9.84 Å². The molecule has 1 aromatic rings. The van der Waals surface area contributed by atoms with E-state index in [1.807, 2.05) is 18.3 Å². The molecule has 3 rings (SSSR count). The maximum Gasteiger partial charge on any atom is 0.128 e. The fourth-order valence-electron chi connectivity index (χ4n) is 4.68. The van der Waals surface area contributed by atoms with Crippen LogP contribution in [-0.2, 0) is 4.74 Å². The molecule has 2 aliphatic rings. The third kappa shape index (κ3) is 5.66. The normalized spacial score (nSPS) is 28.1. The van der Waals surface area contributed by atoms with Gasteiger partial charge in [0.2, 0.25) is 0 Å². The van der Waals surface area contributed by atoms with Crippen LogP contribution in [0.15, 0.2) is 24.4 Å². The molecule has 1 N–H and O–H groups in total. The summed E-state index contributed by atoms with van der Waals surface area (Å²) in [5.74, 6) is 1.76. The maximum atomic E-state index is 10.4. The van der Waals surface area contributed by atoms with Gasteiger partial charge >= 0.3 is 0 Å². The molecule has 0 unspecified atom stereocenters. The standard InChI is InChI=1S/C21H35N3O2/c1-17-12-19(14-21(2,3)13-17)26-16-18(25)15-23-8-10-24(11-9-23)20-6-4-5-7-22-20/h4-7,17-19,25H,8-16H2,1-3H3/t17-,18+,19-/m1/s1. The molecule has 26 heavy (non-hydrogen) atoms. The molecule has 0 radical (unpaired) electrons. The number of ether oxygens (including phenoxy) is 1. The molecule has 1 aliphatic heterocycles. The Morgan fingerprint density at radius 1 is 1.23 bits per heavy atom. The van der Waals surface area contributed by atoms with Crippen molar-refractivity contribution in [1.82, 2.24) is 9.88 Å². The van der Waals surface area contributed by atoms with E-state index in [4.69, 9.17) is 4.74 Å². The average Bonchev–Trinajstić information content (AvgIpc) is 2.60. The van der Waals surface area contributed by atoms with Gasteiger partial charge in [0.15, 0.2) is 0 Å². The Bertz CT molecular complexity index is 543. The van der Waals surface area contributed by atoms with E-state index >= 15 is 0 Å². The highest BCUT2D eigenvalue weighted by atomic mass is 16.5. The number of hydrogen-bond acceptors (Lipinski definition) is 5. The molecule has 1 aromatic heterocycles. The van der Waals surface area contributed by atoms with Gasteiger partial charge in [-0.3, -0.25) is 4.90 Å². The molecule has 2 heterocycles. The third-order valence-corrected chi connectivity index (χ3v) is 5.69. The number of nitrogens with zero attached hydrogens (tertiary/aromatic N) is 3. The first-order valence-corrected chi connectivity index (χ1v) is 10.1. The van der Waals surface area contributed by atoms with Crippen molar-refractivity contribution >= 4 is 5.82 Å². The molecule has 1 saturated carbocycles. The number of pyridine rings is 1. The van der Waals surface area contributed by atoms with Gasteiger partial charge in [0, 0.05) is 38.9 Å². The van der Waals surface area contributed by atoms with Crippen molar-refractivity contribution in [2.45, 2.75) is 52.2 Å². The molecule has 0 spiro atoms. The van der Waals surface area contributed by atoms with Gasteiger partial charge in [0.25, 0.3) is 0 Å². The van der Waals surface area contributed by atoms with E-state index in [0.29, 0.717) is 30.6 Å². The highest BCUT2D eigenvalue weighted by Crippen LogP contribution is 2.39. The zero-order valence-corrected chi connectivity index (χ0v) is 16.6. The lowest BCUT2D eigenvalue weighted by Gasteiger charge is -2.39. The van der Waals surface area contributed by atoms with Crippen LogP contribution in [0.1, 0.15) is 40.0 Å². The molecule has 3 atom stereocenters. The summed E-state index contributed by atoms with van der Waals surface area (Å²) >= 11 is 0. The van der Waals surface area contributed by atoms with Crippen LogP contribution in [0.4, 0.5) is 5.82 Å². The largest absolute Gasteiger partial charge is 0.389 e. The van der Waals surface area contributed by atoms with Gasteiger partial charge in [0.05, 0.1) is 18.8 Å². The second-order valence-corrected chi connectivity index (χ2v) is 9.00. The Morgan fingerprint density at radius 2 is 2.00 bits per heavy atom. The van der Waals surface area contributed by atoms with E-state index in [-0.39, 0.29) is 0 Å². The van der Waals surface area contributed by atoms with Crippen molar-refractivity contribution in [2.24, 2.45) is 11.3 Å². The SMILES string of the molecule is C[C@@H]1C[C@@H](OC[C@@H](O)CN2CCN(c3ccccn3)CC2)CC(C)(C)C1. The number of hydrogen-bond donors (Lipinski definition) is 1. The Hall–Kier alpha value is -1.17. The molecule has 1 aliphatic carbocycles. The van der Waals surface area contributed by atoms with Crippen molar-refractivity contribution in [3.05, 3.63) is 24.4 Å². The lowest BCUT2D eigenvalue weighted by atomic mass is 9.71. The summed E-state index contributed by atoms with van der Waals surface area (Å²) in [6.07, 6.45) is 5.24. The highest BCUT2D eigenvalue weighted by molar-refractivity contribution is 5.38. The minimum atomic E-state index is -0.406. The molecule has 0 aromatic carbocycles. The van der Waals surface area contributed by atoms with Crippen LogP contribution in [0, 0.1) is 11.3 Å². The number of aliphatic hydroxyl groups excluding tert-OH is 1. The summed E-state index contributed by atoms with van der Waals surface area (Å²) < 4.78 is 6.09. The fourth-order valence-corrected chi connectivity index (χ4v) is 4.68. The Balaban J connectivity index is 1.37. The molecule has 2 fully saturated rings. The van der Waals surface area contributed by atoms with Crippen LogP contribution in [0.3, 0.4) is 0 Å². The fraction of sp³-hybridized carbons (Fsp3) is 0.762. The average molecular weight is 362 g/mol. The summed E-state index contributed by atoms with van der Waals surface area (Å²) in [5.41, 5.74) is 0.356. The number of anilines is 1. The van der Waals surface area contributed by atoms with E-state index < -0.39 is 6.10 Å². The summed E-state index contributed by atoms with van der Waals surface area (Å²) in [5, 5.41) is 10.4. The Kier molecular flexibility index (Phi) is 6.54. The summed E-state index contributed by atoms with van der Waals surface area (Å²) in [4.78, 5) is 9.07. The predicted octanol–water partition coefficient (Wildman–Crippen LogP) is 2.80. The number of piperazine rings is 1. The van der Waals surface area contributed by atoms with E-state index in [2.05, 4.69) is 41.6 Å². The molecule has 0 amide bonds. The molecule has 146 valence electrons. The first-order chi connectivity index (χ1) is 12.4. The number of aromatic nitrogens is 1. The van der Waals surface area contributed by atoms with E-state index in [0.717, 1.165) is 44.8 Å². The third-order valence-electron chi connectivity index (χ3n) is 5.69. The maximum absolute atomic E-state index is 10.4. The monoisotopic (exact) mass is 361 g/mol. The second kappa shape index (κ2) is 8.68. The first kappa shape index (κ1) is 19.6. The van der Waals surface area contributed by atoms with Gasteiger partial charge in [-0.1, -0.05) is 26.8 Å². The Labute approximate surface area is 158 Å². The zero-order chi connectivity index (χ0) is 18.6. The van der Waals surface area contributed by atoms with Gasteiger partial charge in [-0.05, 0) is 42.7 Å². The van der Waals surface area contributed by atoms with E-state index in [1.54, 1.807) is 0 Å². The lowest BCUT2D eigenvalue weighted by Crippen LogP contribution is -2.49. The van der Waals surface area contributed by atoms with Crippen molar-refractivity contribution in [3.63, 3.8) is 0 Å². The van der Waals surface area contributed by atoms with Crippen LogP contribution in [0.5, 0.6) is 0 Å². The molecule has 5 nitrogen and oxygen atoms in total. The quantitative estimate of drug-likeness (QED) is 0.844. The summed E-state index contributed by atoms with van der Waals surface area (Å²) in [6.45, 7) is 12.0. The molecular formula is C21H35N3O2. The minimum absolute atomic E-state index is 0.296. The summed E-state index contributed by atoms with van der Waals surface area (Å²) in [6, 6.07) is 6.04. The van der Waals surface area contributed by atoms with Crippen LogP contribution in [0.2, 0.25) is 0 Å². The number of β-amino-alcohol motifs (C(OH)–C–C–N with tert-alkyl or cyclic N) is 1. The molecular weight excluding hydrogens is 326 g/mol. The highest BCUT2D eigenvalue weighted by Gasteiger charge is 2.32. The molecule has 5 heteroatoms. The number of rotatable bonds is 6. The van der Waals surface area contributed by atoms with Crippen LogP contribution >= 0.6 is 0 Å². The van der Waals surface area contributed by atoms with Gasteiger partial charge in [0.1, 0.15) is 5.82 Å². The van der Waals surface area contributed by atoms with Crippen molar-refractivity contribution in [1.29, 1.82) is 0 Å². The second-order valence-electron chi connectivity index (χ2n) is 9.00. The van der Waals surface area contributed by atoms with E-state index in [9.17, 15) is 5.11 Å². The van der Waals surface area contributed by atoms with E-state index in [1.165, 1.54) is 6.42 Å². The zero-order valence-electron chi connectivity index (χ0n) is 16.6. The predicted molar refractivity (Wildman–Crippen MR) is 105 cm³/mol. The molecule has 1 saturated heterocycles. The van der Waals surface area contributed by atoms with Gasteiger partial charge in [-0.25, -0.2) is 4.98 Å². The van der Waals surface area contributed by atoms with Crippen LogP contribution < -0.4 is 4.90 Å². The van der Waals surface area contributed by atoms with Gasteiger partial charge < -0.3 is 14.7 Å². The summed E-state index contributed by atoms with van der Waals surface area (Å²) in [7, 11) is 0. The van der Waals surface area contributed by atoms with Crippen molar-refractivity contribution in [3.8, 4) is 0 Å². The molecule has 0 bridgehead atoms. The van der Waals surface area contributed by atoms with Crippen LogP contribution in [0.25, 0.3) is 0 Å². The van der Waals surface area contributed by atoms with Crippen molar-refractivity contribution in [2.75, 3.05) is 44.2 Å². The van der Waals surface area contributed by atoms with Crippen LogP contribution in [-0.4, -0.2) is 66.5 Å². The van der Waals surface area contributed by atoms with Gasteiger partial charge in [-0.15, -0.1) is 0 Å². The topological polar surface area (TPSA) is 48.8 Å². The number of aliphatic hydroxyl groups is 1. The van der Waals surface area contributed by atoms with Gasteiger partial charge in [-0.2, -0.15) is 0 Å². The lowest BCUT2D eigenvalue weighted by molar-refractivity contribution is -0.0615. The minimum Gasteiger partial charge on any atom is -0.389 e. The smallest absolute Gasteiger partial charge is 0.128 e. The first-order valence-electron chi connectivity index (χ1n) is 10.1.